The van der Waals surface area contributed by atoms with Crippen LogP contribution in [0.15, 0.2) is 24.4 Å². The van der Waals surface area contributed by atoms with E-state index in [1.807, 2.05) is 27.7 Å². The van der Waals surface area contributed by atoms with Crippen molar-refractivity contribution in [3.63, 3.8) is 0 Å². The van der Waals surface area contributed by atoms with Crippen LogP contribution in [0.3, 0.4) is 0 Å². The predicted octanol–water partition coefficient (Wildman–Crippen LogP) is 2.87. The highest BCUT2D eigenvalue weighted by molar-refractivity contribution is 5.93. The van der Waals surface area contributed by atoms with Gasteiger partial charge in [-0.3, -0.25) is 4.79 Å². The lowest BCUT2D eigenvalue weighted by atomic mass is 9.86. The van der Waals surface area contributed by atoms with Crippen molar-refractivity contribution in [3.05, 3.63) is 35.7 Å². The molecule has 0 saturated carbocycles. The molecule has 0 unspecified atom stereocenters. The van der Waals surface area contributed by atoms with Gasteiger partial charge in [-0.05, 0) is 42.0 Å². The third kappa shape index (κ3) is 2.19. The van der Waals surface area contributed by atoms with Crippen molar-refractivity contribution < 1.29 is 4.79 Å². The predicted molar refractivity (Wildman–Crippen MR) is 79.0 cm³/mol. The van der Waals surface area contributed by atoms with Crippen LogP contribution in [0.1, 0.15) is 49.7 Å². The van der Waals surface area contributed by atoms with Crippen LogP contribution in [-0.4, -0.2) is 33.5 Å². The monoisotopic (exact) mass is 271 g/mol. The van der Waals surface area contributed by atoms with Gasteiger partial charge in [0, 0.05) is 19.3 Å². The molecule has 2 aromatic heterocycles. The molecule has 20 heavy (non-hydrogen) atoms. The van der Waals surface area contributed by atoms with E-state index in [9.17, 15) is 4.79 Å². The lowest BCUT2D eigenvalue weighted by molar-refractivity contribution is 0.0785. The zero-order chi connectivity index (χ0) is 14.3. The maximum absolute atomic E-state index is 12.5. The molecule has 2 aromatic rings. The summed E-state index contributed by atoms with van der Waals surface area (Å²) in [6, 6.07) is 6.00. The number of rotatable bonds is 1. The third-order valence-corrected chi connectivity index (χ3v) is 3.92. The van der Waals surface area contributed by atoms with Crippen LogP contribution in [0.2, 0.25) is 0 Å². The van der Waals surface area contributed by atoms with Crippen LogP contribution in [0.4, 0.5) is 0 Å². The Labute approximate surface area is 119 Å². The summed E-state index contributed by atoms with van der Waals surface area (Å²) in [5.74, 6) is 0.0589. The topological polar surface area (TPSA) is 37.6 Å². The Morgan fingerprint density at radius 3 is 2.60 bits per heavy atom. The minimum absolute atomic E-state index is 0.0113. The molecule has 1 fully saturated rings. The van der Waals surface area contributed by atoms with Crippen LogP contribution >= 0.6 is 0 Å². The van der Waals surface area contributed by atoms with Crippen molar-refractivity contribution in [2.75, 3.05) is 13.1 Å². The number of aromatic nitrogens is 2. The first-order chi connectivity index (χ1) is 9.47. The van der Waals surface area contributed by atoms with E-state index in [1.165, 1.54) is 5.56 Å². The summed E-state index contributed by atoms with van der Waals surface area (Å²) >= 11 is 0. The fourth-order valence-electron chi connectivity index (χ4n) is 2.82. The van der Waals surface area contributed by atoms with Crippen molar-refractivity contribution >= 4 is 11.4 Å². The van der Waals surface area contributed by atoms with Crippen LogP contribution in [-0.2, 0) is 5.41 Å². The maximum atomic E-state index is 12.5. The molecule has 1 amide bonds. The molecule has 0 radical (unpaired) electrons. The van der Waals surface area contributed by atoms with Crippen molar-refractivity contribution in [1.82, 2.24) is 14.5 Å². The number of nitrogens with zero attached hydrogens (tertiary/aromatic N) is 3. The van der Waals surface area contributed by atoms with Gasteiger partial charge in [0.1, 0.15) is 5.69 Å². The molecule has 4 heteroatoms. The molecule has 0 spiro atoms. The fraction of sp³-hybridized carbons (Fsp3) is 0.500. The van der Waals surface area contributed by atoms with E-state index in [1.54, 1.807) is 0 Å². The van der Waals surface area contributed by atoms with E-state index in [0.717, 1.165) is 31.4 Å². The van der Waals surface area contributed by atoms with E-state index in [2.05, 4.69) is 31.9 Å². The molecule has 3 heterocycles. The van der Waals surface area contributed by atoms with Gasteiger partial charge in [0.05, 0.1) is 5.52 Å². The van der Waals surface area contributed by atoms with E-state index in [0.29, 0.717) is 5.69 Å². The number of hydrogen-bond donors (Lipinski definition) is 0. The minimum atomic E-state index is -0.0113. The maximum Gasteiger partial charge on any atom is 0.274 e. The molecule has 1 aliphatic heterocycles. The molecule has 4 nitrogen and oxygen atoms in total. The van der Waals surface area contributed by atoms with E-state index in [-0.39, 0.29) is 11.3 Å². The van der Waals surface area contributed by atoms with Gasteiger partial charge in [0.25, 0.3) is 5.91 Å². The zero-order valence-corrected chi connectivity index (χ0v) is 12.4. The molecule has 106 valence electrons. The summed E-state index contributed by atoms with van der Waals surface area (Å²) in [5.41, 5.74) is 2.79. The van der Waals surface area contributed by atoms with Crippen molar-refractivity contribution in [1.29, 1.82) is 0 Å². The Hall–Kier alpha value is -1.84. The lowest BCUT2D eigenvalue weighted by Crippen LogP contribution is -2.29. The van der Waals surface area contributed by atoms with E-state index in [4.69, 9.17) is 0 Å². The van der Waals surface area contributed by atoms with Gasteiger partial charge in [-0.2, -0.15) is 5.10 Å². The number of carbonyl (C=O) groups is 1. The quantitative estimate of drug-likeness (QED) is 0.800. The highest BCUT2D eigenvalue weighted by Gasteiger charge is 2.25. The summed E-state index contributed by atoms with van der Waals surface area (Å²) < 4.78 is 1.82. The van der Waals surface area contributed by atoms with Gasteiger partial charge >= 0.3 is 0 Å². The van der Waals surface area contributed by atoms with Gasteiger partial charge in [-0.1, -0.05) is 20.8 Å². The first-order valence-electron chi connectivity index (χ1n) is 7.25. The van der Waals surface area contributed by atoms with Gasteiger partial charge in [-0.15, -0.1) is 0 Å². The SMILES string of the molecule is CC(C)(C)c1cc(C(=O)N2CCCC2)nn2cccc12. The number of carbonyl (C=O) groups excluding carboxylic acids is 1. The van der Waals surface area contributed by atoms with Gasteiger partial charge in [0.2, 0.25) is 0 Å². The normalized spacial score (nSPS) is 16.1. The number of likely N-dealkylation sites (tertiary alicyclic amines) is 1. The van der Waals surface area contributed by atoms with Crippen LogP contribution < -0.4 is 0 Å². The number of fused-ring (bicyclic) bond motifs is 1. The average molecular weight is 271 g/mol. The van der Waals surface area contributed by atoms with Gasteiger partial charge in [-0.25, -0.2) is 4.52 Å². The lowest BCUT2D eigenvalue weighted by Gasteiger charge is -2.22. The second-order valence-electron chi connectivity index (χ2n) is 6.53. The Bertz CT molecular complexity index is 645. The van der Waals surface area contributed by atoms with Crippen LogP contribution in [0.25, 0.3) is 5.52 Å². The molecule has 0 bridgehead atoms. The summed E-state index contributed by atoms with van der Waals surface area (Å²) in [4.78, 5) is 14.4. The summed E-state index contributed by atoms with van der Waals surface area (Å²) in [6.45, 7) is 8.21. The molecule has 0 aromatic carbocycles. The fourth-order valence-corrected chi connectivity index (χ4v) is 2.82. The summed E-state index contributed by atoms with van der Waals surface area (Å²) in [5, 5.41) is 4.48. The van der Waals surface area contributed by atoms with E-state index < -0.39 is 0 Å². The molecule has 1 aliphatic rings. The van der Waals surface area contributed by atoms with Crippen LogP contribution in [0, 0.1) is 0 Å². The van der Waals surface area contributed by atoms with Crippen molar-refractivity contribution in [2.24, 2.45) is 0 Å². The van der Waals surface area contributed by atoms with E-state index >= 15 is 0 Å². The Balaban J connectivity index is 2.10. The summed E-state index contributed by atoms with van der Waals surface area (Å²) in [6.07, 6.45) is 4.11. The molecule has 3 rings (SSSR count). The molecular formula is C16H21N3O. The highest BCUT2D eigenvalue weighted by atomic mass is 16.2. The van der Waals surface area contributed by atoms with Crippen LogP contribution in [0.5, 0.6) is 0 Å². The highest BCUT2D eigenvalue weighted by Crippen LogP contribution is 2.27. The first kappa shape index (κ1) is 13.2. The average Bonchev–Trinajstić information content (AvgIpc) is 3.06. The number of hydrogen-bond acceptors (Lipinski definition) is 2. The Kier molecular flexibility index (Phi) is 3.04. The molecule has 0 aliphatic carbocycles. The second kappa shape index (κ2) is 4.62. The third-order valence-electron chi connectivity index (χ3n) is 3.92. The Morgan fingerprint density at radius 2 is 1.95 bits per heavy atom. The first-order valence-corrected chi connectivity index (χ1v) is 7.25. The largest absolute Gasteiger partial charge is 0.337 e. The van der Waals surface area contributed by atoms with Crippen molar-refractivity contribution in [2.45, 2.75) is 39.0 Å². The number of amides is 1. The molecular weight excluding hydrogens is 250 g/mol. The summed E-state index contributed by atoms with van der Waals surface area (Å²) in [7, 11) is 0. The Morgan fingerprint density at radius 1 is 1.25 bits per heavy atom. The molecule has 0 atom stereocenters. The molecule has 0 N–H and O–H groups in total. The zero-order valence-electron chi connectivity index (χ0n) is 12.4. The smallest absolute Gasteiger partial charge is 0.274 e. The van der Waals surface area contributed by atoms with Gasteiger partial charge < -0.3 is 4.90 Å². The molecule has 1 saturated heterocycles. The van der Waals surface area contributed by atoms with Crippen molar-refractivity contribution in [3.8, 4) is 0 Å². The van der Waals surface area contributed by atoms with Gasteiger partial charge in [0.15, 0.2) is 0 Å². The second-order valence-corrected chi connectivity index (χ2v) is 6.53. The minimum Gasteiger partial charge on any atom is -0.337 e. The standard InChI is InChI=1S/C16H21N3O/c1-16(2,3)12-11-13(15(20)18-8-4-5-9-18)17-19-10-6-7-14(12)19/h6-7,10-11H,4-5,8-9H2,1-3H3.